The zero-order valence-electron chi connectivity index (χ0n) is 10.5. The van der Waals surface area contributed by atoms with Gasteiger partial charge in [-0.15, -0.1) is 0 Å². The van der Waals surface area contributed by atoms with Crippen LogP contribution in [0.2, 0.25) is 0 Å². The topological polar surface area (TPSA) is 52.9 Å². The Morgan fingerprint density at radius 3 is 2.20 bits per heavy atom. The van der Waals surface area contributed by atoms with Gasteiger partial charge >= 0.3 is 0 Å². The molecule has 100 valence electrons. The Morgan fingerprint density at radius 1 is 1.10 bits per heavy atom. The number of hydrogen-bond acceptors (Lipinski definition) is 3. The van der Waals surface area contributed by atoms with Gasteiger partial charge in [0.2, 0.25) is 5.91 Å². The summed E-state index contributed by atoms with van der Waals surface area (Å²) in [4.78, 5) is 13.2. The highest BCUT2D eigenvalue weighted by Crippen LogP contribution is 2.28. The van der Waals surface area contributed by atoms with Crippen LogP contribution >= 0.6 is 11.8 Å². The smallest absolute Gasteiger partial charge is 0.238 e. The van der Waals surface area contributed by atoms with Crippen molar-refractivity contribution in [1.82, 2.24) is 0 Å². The third-order valence-electron chi connectivity index (χ3n) is 2.43. The fourth-order valence-corrected chi connectivity index (χ4v) is 2.34. The Kier molecular flexibility index (Phi) is 4.75. The van der Waals surface area contributed by atoms with Crippen molar-refractivity contribution in [3.63, 3.8) is 0 Å². The van der Waals surface area contributed by atoms with Crippen LogP contribution in [0, 0.1) is 17.1 Å². The Balaban J connectivity index is 1.99. The number of carbonyl (C=O) groups is 1. The lowest BCUT2D eigenvalue weighted by atomic mass is 10.3. The van der Waals surface area contributed by atoms with Crippen molar-refractivity contribution < 1.29 is 9.18 Å². The summed E-state index contributed by atoms with van der Waals surface area (Å²) in [5.74, 6) is -0.587. The fraction of sp³-hybridized carbons (Fsp3) is 0.0667. The standard InChI is InChI=1S/C15H11FN2OS/c16-11-1-5-13(6-2-11)20-14-7-3-12(4-8-14)18-15(19)9-10-17/h1-8H,9H2,(H,18,19). The number of halogens is 1. The lowest BCUT2D eigenvalue weighted by Gasteiger charge is -2.05. The molecular weight excluding hydrogens is 275 g/mol. The number of nitriles is 1. The van der Waals surface area contributed by atoms with Gasteiger partial charge in [-0.3, -0.25) is 4.79 Å². The van der Waals surface area contributed by atoms with Crippen LogP contribution in [0.4, 0.5) is 10.1 Å². The number of rotatable bonds is 4. The normalized spacial score (nSPS) is 9.80. The van der Waals surface area contributed by atoms with E-state index in [1.165, 1.54) is 23.9 Å². The number of anilines is 1. The Labute approximate surface area is 120 Å². The lowest BCUT2D eigenvalue weighted by molar-refractivity contribution is -0.115. The van der Waals surface area contributed by atoms with Crippen LogP contribution in [0.25, 0.3) is 0 Å². The molecule has 0 bridgehead atoms. The molecule has 20 heavy (non-hydrogen) atoms. The molecule has 1 amide bonds. The highest BCUT2D eigenvalue weighted by Gasteiger charge is 2.02. The van der Waals surface area contributed by atoms with E-state index in [4.69, 9.17) is 5.26 Å². The third-order valence-corrected chi connectivity index (χ3v) is 3.44. The third kappa shape index (κ3) is 4.11. The largest absolute Gasteiger partial charge is 0.325 e. The van der Waals surface area contributed by atoms with Gasteiger partial charge in [0.25, 0.3) is 0 Å². The van der Waals surface area contributed by atoms with E-state index in [9.17, 15) is 9.18 Å². The summed E-state index contributed by atoms with van der Waals surface area (Å²) in [6.45, 7) is 0. The van der Waals surface area contributed by atoms with Crippen molar-refractivity contribution in [2.45, 2.75) is 16.2 Å². The van der Waals surface area contributed by atoms with Crippen LogP contribution in [-0.2, 0) is 4.79 Å². The maximum absolute atomic E-state index is 12.8. The summed E-state index contributed by atoms with van der Waals surface area (Å²) >= 11 is 1.50. The van der Waals surface area contributed by atoms with E-state index >= 15 is 0 Å². The van der Waals surface area contributed by atoms with E-state index in [-0.39, 0.29) is 18.1 Å². The molecule has 0 fully saturated rings. The first-order valence-corrected chi connectivity index (χ1v) is 6.69. The van der Waals surface area contributed by atoms with E-state index in [0.717, 1.165) is 9.79 Å². The molecule has 0 saturated heterocycles. The zero-order valence-corrected chi connectivity index (χ0v) is 11.3. The number of nitrogens with zero attached hydrogens (tertiary/aromatic N) is 1. The van der Waals surface area contributed by atoms with Crippen molar-refractivity contribution in [1.29, 1.82) is 5.26 Å². The van der Waals surface area contributed by atoms with Gasteiger partial charge in [-0.25, -0.2) is 4.39 Å². The summed E-state index contributed by atoms with van der Waals surface area (Å²) in [7, 11) is 0. The molecule has 0 aliphatic rings. The average molecular weight is 286 g/mol. The van der Waals surface area contributed by atoms with Crippen molar-refractivity contribution in [3.05, 3.63) is 54.3 Å². The molecule has 2 aromatic carbocycles. The average Bonchev–Trinajstić information content (AvgIpc) is 2.44. The van der Waals surface area contributed by atoms with Gasteiger partial charge in [-0.2, -0.15) is 5.26 Å². The number of nitrogens with one attached hydrogen (secondary N) is 1. The van der Waals surface area contributed by atoms with Gasteiger partial charge in [0.15, 0.2) is 0 Å². The predicted octanol–water partition coefficient (Wildman–Crippen LogP) is 3.83. The highest BCUT2D eigenvalue weighted by atomic mass is 32.2. The SMILES string of the molecule is N#CCC(=O)Nc1ccc(Sc2ccc(F)cc2)cc1. The van der Waals surface area contributed by atoms with Crippen LogP contribution in [0.3, 0.4) is 0 Å². The molecule has 2 rings (SSSR count). The fourth-order valence-electron chi connectivity index (χ4n) is 1.52. The summed E-state index contributed by atoms with van der Waals surface area (Å²) in [6.07, 6.45) is -0.161. The minimum Gasteiger partial charge on any atom is -0.325 e. The van der Waals surface area contributed by atoms with Crippen molar-refractivity contribution >= 4 is 23.4 Å². The van der Waals surface area contributed by atoms with Gasteiger partial charge in [0.1, 0.15) is 12.2 Å². The monoisotopic (exact) mass is 286 g/mol. The van der Waals surface area contributed by atoms with Crippen molar-refractivity contribution in [2.24, 2.45) is 0 Å². The summed E-state index contributed by atoms with van der Waals surface area (Å²) in [6, 6.07) is 15.3. The second kappa shape index (κ2) is 6.73. The second-order valence-electron chi connectivity index (χ2n) is 3.96. The van der Waals surface area contributed by atoms with Gasteiger partial charge in [0.05, 0.1) is 6.07 Å². The highest BCUT2D eigenvalue weighted by molar-refractivity contribution is 7.99. The first-order valence-electron chi connectivity index (χ1n) is 5.87. The van der Waals surface area contributed by atoms with E-state index in [1.54, 1.807) is 30.3 Å². The minimum absolute atomic E-state index is 0.161. The first-order chi connectivity index (χ1) is 9.67. The molecule has 0 unspecified atom stereocenters. The molecule has 0 saturated carbocycles. The molecular formula is C15H11FN2OS. The predicted molar refractivity (Wildman–Crippen MR) is 75.8 cm³/mol. The molecule has 1 N–H and O–H groups in total. The van der Waals surface area contributed by atoms with Crippen LogP contribution in [0.1, 0.15) is 6.42 Å². The molecule has 0 aliphatic carbocycles. The first kappa shape index (κ1) is 14.1. The summed E-state index contributed by atoms with van der Waals surface area (Å²) in [5.41, 5.74) is 0.647. The Morgan fingerprint density at radius 2 is 1.65 bits per heavy atom. The molecule has 5 heteroatoms. The zero-order chi connectivity index (χ0) is 14.4. The van der Waals surface area contributed by atoms with Crippen molar-refractivity contribution in [3.8, 4) is 6.07 Å². The molecule has 2 aromatic rings. The molecule has 0 radical (unpaired) electrons. The molecule has 0 aromatic heterocycles. The molecule has 0 heterocycles. The quantitative estimate of drug-likeness (QED) is 0.929. The second-order valence-corrected chi connectivity index (χ2v) is 5.11. The van der Waals surface area contributed by atoms with E-state index in [0.29, 0.717) is 5.69 Å². The van der Waals surface area contributed by atoms with Crippen LogP contribution in [0.5, 0.6) is 0 Å². The molecule has 3 nitrogen and oxygen atoms in total. The Bertz CT molecular complexity index is 632. The number of hydrogen-bond donors (Lipinski definition) is 1. The number of carbonyl (C=O) groups excluding carboxylic acids is 1. The number of amides is 1. The van der Waals surface area contributed by atoms with Crippen LogP contribution in [0.15, 0.2) is 58.3 Å². The van der Waals surface area contributed by atoms with E-state index in [2.05, 4.69) is 5.32 Å². The molecule has 0 spiro atoms. The maximum Gasteiger partial charge on any atom is 0.238 e. The van der Waals surface area contributed by atoms with E-state index in [1.807, 2.05) is 12.1 Å². The van der Waals surface area contributed by atoms with Gasteiger partial charge in [-0.1, -0.05) is 11.8 Å². The lowest BCUT2D eigenvalue weighted by Crippen LogP contribution is -2.09. The molecule has 0 atom stereocenters. The summed E-state index contributed by atoms with van der Waals surface area (Å²) < 4.78 is 12.8. The van der Waals surface area contributed by atoms with Gasteiger partial charge in [-0.05, 0) is 48.5 Å². The Hall–Kier alpha value is -2.32. The van der Waals surface area contributed by atoms with E-state index < -0.39 is 0 Å². The minimum atomic E-state index is -0.327. The number of benzene rings is 2. The molecule has 0 aliphatic heterocycles. The van der Waals surface area contributed by atoms with Crippen LogP contribution in [-0.4, -0.2) is 5.91 Å². The van der Waals surface area contributed by atoms with Crippen LogP contribution < -0.4 is 5.32 Å². The van der Waals surface area contributed by atoms with Crippen molar-refractivity contribution in [2.75, 3.05) is 5.32 Å². The summed E-state index contributed by atoms with van der Waals surface area (Å²) in [5, 5.41) is 11.0. The van der Waals surface area contributed by atoms with Gasteiger partial charge < -0.3 is 5.32 Å². The van der Waals surface area contributed by atoms with Gasteiger partial charge in [0, 0.05) is 15.5 Å². The maximum atomic E-state index is 12.8.